The van der Waals surface area contributed by atoms with Crippen LogP contribution in [0.4, 0.5) is 0 Å². The first-order valence-corrected chi connectivity index (χ1v) is 9.62. The van der Waals surface area contributed by atoms with E-state index in [1.165, 1.54) is 83.5 Å². The number of amides is 1. The predicted octanol–water partition coefficient (Wildman–Crippen LogP) is 4.97. The van der Waals surface area contributed by atoms with Crippen LogP contribution in [0.15, 0.2) is 0 Å². The Balaban J connectivity index is 2.98. The number of nitrogens with one attached hydrogen (secondary N) is 1. The van der Waals surface area contributed by atoms with Gasteiger partial charge in [-0.25, -0.2) is 0 Å². The summed E-state index contributed by atoms with van der Waals surface area (Å²) in [7, 11) is 1.71. The van der Waals surface area contributed by atoms with Crippen LogP contribution in [0.25, 0.3) is 0 Å². The highest BCUT2D eigenvalue weighted by Crippen LogP contribution is 2.13. The summed E-state index contributed by atoms with van der Waals surface area (Å²) in [6.45, 7) is 0.355. The average molecular weight is 314 g/mol. The van der Waals surface area contributed by atoms with Gasteiger partial charge in [-0.05, 0) is 12.8 Å². The summed E-state index contributed by atoms with van der Waals surface area (Å²) in [5, 5.41) is 11.4. The van der Waals surface area contributed by atoms with Crippen molar-refractivity contribution in [2.75, 3.05) is 13.7 Å². The van der Waals surface area contributed by atoms with Gasteiger partial charge in [-0.1, -0.05) is 83.5 Å². The van der Waals surface area contributed by atoms with Gasteiger partial charge in [-0.3, -0.25) is 4.79 Å². The molecule has 0 aliphatic carbocycles. The molecule has 3 nitrogen and oxygen atoms in total. The van der Waals surface area contributed by atoms with Crippen LogP contribution in [-0.4, -0.2) is 24.7 Å². The monoisotopic (exact) mass is 313 g/mol. The molecule has 0 atom stereocenters. The van der Waals surface area contributed by atoms with Gasteiger partial charge in [0.15, 0.2) is 0 Å². The smallest absolute Gasteiger partial charge is 0.219 e. The Morgan fingerprint density at radius 3 is 1.27 bits per heavy atom. The molecule has 0 radical (unpaired) electrons. The Kier molecular flexibility index (Phi) is 18.0. The molecule has 0 aromatic heterocycles. The fraction of sp³-hybridized carbons (Fsp3) is 0.947. The van der Waals surface area contributed by atoms with Crippen molar-refractivity contribution in [1.82, 2.24) is 5.32 Å². The van der Waals surface area contributed by atoms with E-state index in [1.54, 1.807) is 7.05 Å². The van der Waals surface area contributed by atoms with Crippen molar-refractivity contribution in [3.05, 3.63) is 0 Å². The number of carbonyl (C=O) groups excluding carboxylic acids is 1. The van der Waals surface area contributed by atoms with E-state index in [1.807, 2.05) is 0 Å². The fourth-order valence-electron chi connectivity index (χ4n) is 2.82. The molecule has 0 spiro atoms. The molecule has 0 saturated heterocycles. The van der Waals surface area contributed by atoms with Crippen molar-refractivity contribution in [3.63, 3.8) is 0 Å². The summed E-state index contributed by atoms with van der Waals surface area (Å²) < 4.78 is 0. The molecule has 0 fully saturated rings. The first-order chi connectivity index (χ1) is 10.8. The van der Waals surface area contributed by atoms with Gasteiger partial charge in [0, 0.05) is 20.1 Å². The van der Waals surface area contributed by atoms with E-state index in [-0.39, 0.29) is 5.91 Å². The van der Waals surface area contributed by atoms with Crippen molar-refractivity contribution in [2.45, 2.75) is 103 Å². The molecular weight excluding hydrogens is 274 g/mol. The zero-order valence-electron chi connectivity index (χ0n) is 14.9. The van der Waals surface area contributed by atoms with Gasteiger partial charge in [0.05, 0.1) is 0 Å². The molecule has 22 heavy (non-hydrogen) atoms. The maximum absolute atomic E-state index is 11.0. The Morgan fingerprint density at radius 2 is 0.955 bits per heavy atom. The SMILES string of the molecule is CNC(=O)CCCCCCCCCCCCCCCCCO. The molecule has 0 aliphatic rings. The highest BCUT2D eigenvalue weighted by Gasteiger charge is 1.97. The first kappa shape index (κ1) is 21.4. The van der Waals surface area contributed by atoms with Crippen LogP contribution < -0.4 is 5.32 Å². The number of aliphatic hydroxyl groups excluding tert-OH is 1. The van der Waals surface area contributed by atoms with E-state index in [4.69, 9.17) is 5.11 Å². The number of carbonyl (C=O) groups is 1. The molecule has 0 aromatic rings. The Bertz CT molecular complexity index is 231. The lowest BCUT2D eigenvalue weighted by Gasteiger charge is -2.03. The first-order valence-electron chi connectivity index (χ1n) is 9.62. The molecule has 2 N–H and O–H groups in total. The molecule has 3 heteroatoms. The van der Waals surface area contributed by atoms with Crippen LogP contribution in [0, 0.1) is 0 Å². The third-order valence-electron chi connectivity index (χ3n) is 4.34. The molecule has 1 amide bonds. The predicted molar refractivity (Wildman–Crippen MR) is 95.0 cm³/mol. The molecule has 0 aromatic carbocycles. The molecule has 0 unspecified atom stereocenters. The molecule has 0 heterocycles. The molecule has 0 saturated carbocycles. The highest BCUT2D eigenvalue weighted by molar-refractivity contribution is 5.75. The summed E-state index contributed by atoms with van der Waals surface area (Å²) >= 11 is 0. The van der Waals surface area contributed by atoms with Crippen molar-refractivity contribution >= 4 is 5.91 Å². The van der Waals surface area contributed by atoms with Crippen LogP contribution in [0.3, 0.4) is 0 Å². The van der Waals surface area contributed by atoms with Crippen LogP contribution >= 0.6 is 0 Å². The minimum absolute atomic E-state index is 0.174. The summed E-state index contributed by atoms with van der Waals surface area (Å²) in [6, 6.07) is 0. The Labute approximate surface area is 138 Å². The molecule has 0 bridgehead atoms. The number of unbranched alkanes of at least 4 members (excludes halogenated alkanes) is 14. The van der Waals surface area contributed by atoms with E-state index >= 15 is 0 Å². The topological polar surface area (TPSA) is 49.3 Å². The van der Waals surface area contributed by atoms with Gasteiger partial charge in [-0.15, -0.1) is 0 Å². The maximum atomic E-state index is 11.0. The minimum Gasteiger partial charge on any atom is -0.396 e. The highest BCUT2D eigenvalue weighted by atomic mass is 16.2. The van der Waals surface area contributed by atoms with Crippen LogP contribution in [0.5, 0.6) is 0 Å². The van der Waals surface area contributed by atoms with Crippen molar-refractivity contribution in [1.29, 1.82) is 0 Å². The summed E-state index contributed by atoms with van der Waals surface area (Å²) in [6.07, 6.45) is 20.0. The lowest BCUT2D eigenvalue weighted by molar-refractivity contribution is -0.120. The quantitative estimate of drug-likeness (QED) is 0.373. The normalized spacial score (nSPS) is 10.8. The Hall–Kier alpha value is -0.570. The molecule has 0 rings (SSSR count). The zero-order chi connectivity index (χ0) is 16.3. The van der Waals surface area contributed by atoms with E-state index in [2.05, 4.69) is 5.32 Å². The maximum Gasteiger partial charge on any atom is 0.219 e. The second-order valence-corrected chi connectivity index (χ2v) is 6.45. The van der Waals surface area contributed by atoms with Gasteiger partial charge in [-0.2, -0.15) is 0 Å². The fourth-order valence-corrected chi connectivity index (χ4v) is 2.82. The lowest BCUT2D eigenvalue weighted by Crippen LogP contribution is -2.16. The molecular formula is C19H39NO2. The molecule has 132 valence electrons. The van der Waals surface area contributed by atoms with Crippen molar-refractivity contribution < 1.29 is 9.90 Å². The van der Waals surface area contributed by atoms with E-state index in [0.29, 0.717) is 13.0 Å². The van der Waals surface area contributed by atoms with Gasteiger partial charge >= 0.3 is 0 Å². The van der Waals surface area contributed by atoms with E-state index < -0.39 is 0 Å². The van der Waals surface area contributed by atoms with Crippen LogP contribution in [-0.2, 0) is 4.79 Å². The van der Waals surface area contributed by atoms with E-state index in [0.717, 1.165) is 12.8 Å². The largest absolute Gasteiger partial charge is 0.396 e. The van der Waals surface area contributed by atoms with Crippen molar-refractivity contribution in [3.8, 4) is 0 Å². The van der Waals surface area contributed by atoms with E-state index in [9.17, 15) is 4.79 Å². The second kappa shape index (κ2) is 18.5. The summed E-state index contributed by atoms with van der Waals surface area (Å²) in [5.74, 6) is 0.174. The number of hydrogen-bond acceptors (Lipinski definition) is 2. The second-order valence-electron chi connectivity index (χ2n) is 6.45. The number of aliphatic hydroxyl groups is 1. The summed E-state index contributed by atoms with van der Waals surface area (Å²) in [5.41, 5.74) is 0. The minimum atomic E-state index is 0.174. The third kappa shape index (κ3) is 17.5. The average Bonchev–Trinajstić information content (AvgIpc) is 2.54. The zero-order valence-corrected chi connectivity index (χ0v) is 14.9. The standard InChI is InChI=1S/C19H39NO2/c1-20-19(22)17-15-13-11-9-7-5-3-2-4-6-8-10-12-14-16-18-21/h21H,2-18H2,1H3,(H,20,22). The van der Waals surface area contributed by atoms with Crippen LogP contribution in [0.2, 0.25) is 0 Å². The van der Waals surface area contributed by atoms with Gasteiger partial charge in [0.25, 0.3) is 0 Å². The lowest BCUT2D eigenvalue weighted by atomic mass is 10.0. The third-order valence-corrected chi connectivity index (χ3v) is 4.34. The number of rotatable bonds is 17. The number of hydrogen-bond donors (Lipinski definition) is 2. The Morgan fingerprint density at radius 1 is 0.636 bits per heavy atom. The van der Waals surface area contributed by atoms with Crippen LogP contribution in [0.1, 0.15) is 103 Å². The van der Waals surface area contributed by atoms with Gasteiger partial charge in [0.2, 0.25) is 5.91 Å². The van der Waals surface area contributed by atoms with Crippen molar-refractivity contribution in [2.24, 2.45) is 0 Å². The summed E-state index contributed by atoms with van der Waals surface area (Å²) in [4.78, 5) is 11.0. The molecule has 0 aliphatic heterocycles. The van der Waals surface area contributed by atoms with Gasteiger partial charge in [0.1, 0.15) is 0 Å². The van der Waals surface area contributed by atoms with Gasteiger partial charge < -0.3 is 10.4 Å².